The summed E-state index contributed by atoms with van der Waals surface area (Å²) in [4.78, 5) is 15.0. The zero-order chi connectivity index (χ0) is 14.4. The molecule has 0 saturated carbocycles. The molecule has 20 heavy (non-hydrogen) atoms. The number of rotatable bonds is 6. The molecule has 1 fully saturated rings. The molecular weight excluding hydrogens is 258 g/mol. The van der Waals surface area contributed by atoms with Crippen molar-refractivity contribution in [3.05, 3.63) is 0 Å². The van der Waals surface area contributed by atoms with E-state index in [4.69, 9.17) is 5.84 Å². The number of nitrogens with one attached hydrogen (secondary N) is 2. The Morgan fingerprint density at radius 2 is 1.90 bits per heavy atom. The molecule has 8 heteroatoms. The number of nitrogens with two attached hydrogens (primary N) is 1. The molecule has 1 aliphatic heterocycles. The van der Waals surface area contributed by atoms with Crippen molar-refractivity contribution in [2.45, 2.75) is 38.7 Å². The molecule has 112 valence electrons. The van der Waals surface area contributed by atoms with Gasteiger partial charge in [-0.25, -0.2) is 5.84 Å². The first-order chi connectivity index (χ1) is 9.72. The second kappa shape index (κ2) is 7.20. The van der Waals surface area contributed by atoms with E-state index in [9.17, 15) is 5.11 Å². The number of aliphatic hydroxyl groups is 1. The Morgan fingerprint density at radius 3 is 2.55 bits per heavy atom. The molecule has 8 nitrogen and oxygen atoms in total. The molecule has 1 aromatic rings. The van der Waals surface area contributed by atoms with Crippen LogP contribution in [0.4, 0.5) is 17.8 Å². The van der Waals surface area contributed by atoms with Crippen molar-refractivity contribution in [1.82, 2.24) is 15.0 Å². The van der Waals surface area contributed by atoms with Crippen LogP contribution in [0, 0.1) is 0 Å². The highest BCUT2D eigenvalue weighted by Crippen LogP contribution is 2.18. The lowest BCUT2D eigenvalue weighted by Crippen LogP contribution is -2.32. The molecule has 2 rings (SSSR count). The van der Waals surface area contributed by atoms with Gasteiger partial charge in [-0.1, -0.05) is 6.92 Å². The molecule has 0 aliphatic carbocycles. The fourth-order valence-corrected chi connectivity index (χ4v) is 2.10. The maximum Gasteiger partial charge on any atom is 0.243 e. The number of nitrogen functional groups attached to an aromatic ring is 1. The van der Waals surface area contributed by atoms with Crippen LogP contribution in [0.5, 0.6) is 0 Å². The maximum absolute atomic E-state index is 9.58. The lowest BCUT2D eigenvalue weighted by atomic mass is 10.1. The van der Waals surface area contributed by atoms with Gasteiger partial charge < -0.3 is 15.3 Å². The Hall–Kier alpha value is -1.67. The molecule has 0 amide bonds. The molecule has 5 N–H and O–H groups in total. The van der Waals surface area contributed by atoms with Gasteiger partial charge in [-0.15, -0.1) is 0 Å². The molecule has 1 aromatic heterocycles. The zero-order valence-electron chi connectivity index (χ0n) is 11.8. The second-order valence-electron chi connectivity index (χ2n) is 4.92. The summed E-state index contributed by atoms with van der Waals surface area (Å²) in [5, 5.41) is 12.6. The summed E-state index contributed by atoms with van der Waals surface area (Å²) in [6, 6.07) is 0. The third kappa shape index (κ3) is 3.91. The summed E-state index contributed by atoms with van der Waals surface area (Å²) in [7, 11) is 0. The van der Waals surface area contributed by atoms with Crippen LogP contribution in [0.1, 0.15) is 32.6 Å². The van der Waals surface area contributed by atoms with E-state index >= 15 is 0 Å². The van der Waals surface area contributed by atoms with Gasteiger partial charge in [-0.2, -0.15) is 15.0 Å². The first kappa shape index (κ1) is 14.7. The van der Waals surface area contributed by atoms with Crippen molar-refractivity contribution in [2.24, 2.45) is 5.84 Å². The van der Waals surface area contributed by atoms with Crippen LogP contribution in [0.25, 0.3) is 0 Å². The van der Waals surface area contributed by atoms with Crippen molar-refractivity contribution >= 4 is 17.8 Å². The molecule has 1 aliphatic rings. The summed E-state index contributed by atoms with van der Waals surface area (Å²) in [5.74, 6) is 6.79. The number of nitrogens with zero attached hydrogens (tertiary/aromatic N) is 4. The van der Waals surface area contributed by atoms with E-state index in [-0.39, 0.29) is 0 Å². The van der Waals surface area contributed by atoms with Gasteiger partial charge in [0.1, 0.15) is 0 Å². The highest BCUT2D eigenvalue weighted by atomic mass is 16.3. The predicted octanol–water partition coefficient (Wildman–Crippen LogP) is 0.330. The molecular formula is C12H23N7O. The summed E-state index contributed by atoms with van der Waals surface area (Å²) in [5.41, 5.74) is 2.46. The lowest BCUT2D eigenvalue weighted by Gasteiger charge is -2.27. The largest absolute Gasteiger partial charge is 0.391 e. The van der Waals surface area contributed by atoms with Crippen LogP contribution in [0.15, 0.2) is 0 Å². The SMILES string of the molecule is CCC(O)CNc1nc(NN)nc(N2CCCCC2)n1. The minimum atomic E-state index is -0.417. The normalized spacial score (nSPS) is 16.9. The van der Waals surface area contributed by atoms with Crippen molar-refractivity contribution in [2.75, 3.05) is 35.3 Å². The van der Waals surface area contributed by atoms with E-state index < -0.39 is 6.10 Å². The van der Waals surface area contributed by atoms with Gasteiger partial charge in [0.2, 0.25) is 17.8 Å². The Morgan fingerprint density at radius 1 is 1.20 bits per heavy atom. The Balaban J connectivity index is 2.10. The number of piperidine rings is 1. The summed E-state index contributed by atoms with van der Waals surface area (Å²) in [6.45, 7) is 4.23. The lowest BCUT2D eigenvalue weighted by molar-refractivity contribution is 0.183. The van der Waals surface area contributed by atoms with Gasteiger partial charge in [-0.3, -0.25) is 5.43 Å². The number of aliphatic hydroxyl groups excluding tert-OH is 1. The van der Waals surface area contributed by atoms with E-state index in [2.05, 4.69) is 30.6 Å². The first-order valence-corrected chi connectivity index (χ1v) is 7.12. The highest BCUT2D eigenvalue weighted by molar-refractivity contribution is 5.43. The van der Waals surface area contributed by atoms with Crippen LogP contribution < -0.4 is 21.5 Å². The Labute approximate surface area is 118 Å². The number of hydrazine groups is 1. The van der Waals surface area contributed by atoms with Crippen molar-refractivity contribution < 1.29 is 5.11 Å². The van der Waals surface area contributed by atoms with E-state index in [0.29, 0.717) is 30.8 Å². The van der Waals surface area contributed by atoms with Gasteiger partial charge in [0, 0.05) is 19.6 Å². The summed E-state index contributed by atoms with van der Waals surface area (Å²) >= 11 is 0. The molecule has 2 heterocycles. The number of anilines is 3. The van der Waals surface area contributed by atoms with Crippen LogP contribution in [-0.4, -0.2) is 45.8 Å². The number of hydrogen-bond donors (Lipinski definition) is 4. The fraction of sp³-hybridized carbons (Fsp3) is 0.750. The predicted molar refractivity (Wildman–Crippen MR) is 78.5 cm³/mol. The quantitative estimate of drug-likeness (QED) is 0.436. The first-order valence-electron chi connectivity index (χ1n) is 7.12. The topological polar surface area (TPSA) is 112 Å². The average Bonchev–Trinajstić information content (AvgIpc) is 2.53. The number of hydrogen-bond acceptors (Lipinski definition) is 8. The molecule has 0 spiro atoms. The third-order valence-corrected chi connectivity index (χ3v) is 3.36. The smallest absolute Gasteiger partial charge is 0.243 e. The Kier molecular flexibility index (Phi) is 5.31. The molecule has 1 atom stereocenters. The Bertz CT molecular complexity index is 422. The van der Waals surface area contributed by atoms with E-state index in [1.165, 1.54) is 6.42 Å². The molecule has 0 radical (unpaired) electrons. The second-order valence-corrected chi connectivity index (χ2v) is 4.92. The fourth-order valence-electron chi connectivity index (χ4n) is 2.10. The van der Waals surface area contributed by atoms with Gasteiger partial charge in [-0.05, 0) is 25.7 Å². The van der Waals surface area contributed by atoms with Crippen LogP contribution >= 0.6 is 0 Å². The molecule has 0 bridgehead atoms. The van der Waals surface area contributed by atoms with Crippen LogP contribution in [-0.2, 0) is 0 Å². The van der Waals surface area contributed by atoms with Crippen molar-refractivity contribution in [3.8, 4) is 0 Å². The highest BCUT2D eigenvalue weighted by Gasteiger charge is 2.16. The minimum Gasteiger partial charge on any atom is -0.391 e. The van der Waals surface area contributed by atoms with Gasteiger partial charge in [0.15, 0.2) is 0 Å². The van der Waals surface area contributed by atoms with Gasteiger partial charge in [0.05, 0.1) is 6.10 Å². The maximum atomic E-state index is 9.58. The van der Waals surface area contributed by atoms with Gasteiger partial charge in [0.25, 0.3) is 0 Å². The zero-order valence-corrected chi connectivity index (χ0v) is 11.8. The monoisotopic (exact) mass is 281 g/mol. The van der Waals surface area contributed by atoms with E-state index in [0.717, 1.165) is 25.9 Å². The number of aromatic nitrogens is 3. The molecule has 1 saturated heterocycles. The van der Waals surface area contributed by atoms with E-state index in [1.54, 1.807) is 0 Å². The van der Waals surface area contributed by atoms with Crippen LogP contribution in [0.3, 0.4) is 0 Å². The van der Waals surface area contributed by atoms with Crippen molar-refractivity contribution in [1.29, 1.82) is 0 Å². The minimum absolute atomic E-state index is 0.328. The molecule has 0 aromatic carbocycles. The standard InChI is InChI=1S/C12H23N7O/c1-2-9(20)8-14-10-15-11(18-13)17-12(16-10)19-6-4-3-5-7-19/h9,20H,2-8,13H2,1H3,(H2,14,15,16,17,18). The van der Waals surface area contributed by atoms with Crippen LogP contribution in [0.2, 0.25) is 0 Å². The summed E-state index contributed by atoms with van der Waals surface area (Å²) < 4.78 is 0. The van der Waals surface area contributed by atoms with E-state index in [1.807, 2.05) is 6.92 Å². The summed E-state index contributed by atoms with van der Waals surface area (Å²) in [6.07, 6.45) is 3.80. The third-order valence-electron chi connectivity index (χ3n) is 3.36. The molecule has 1 unspecified atom stereocenters. The average molecular weight is 281 g/mol. The van der Waals surface area contributed by atoms with Gasteiger partial charge >= 0.3 is 0 Å². The van der Waals surface area contributed by atoms with Crippen molar-refractivity contribution in [3.63, 3.8) is 0 Å².